The molecule has 7 heteroatoms. The van der Waals surface area contributed by atoms with Gasteiger partial charge in [-0.15, -0.1) is 0 Å². The minimum Gasteiger partial charge on any atom is -0.493 e. The lowest BCUT2D eigenvalue weighted by Gasteiger charge is -2.32. The summed E-state index contributed by atoms with van der Waals surface area (Å²) in [5.74, 6) is 1.42. The van der Waals surface area contributed by atoms with Gasteiger partial charge in [0.15, 0.2) is 11.5 Å². The number of amides is 1. The molecule has 3 aromatic carbocycles. The summed E-state index contributed by atoms with van der Waals surface area (Å²) in [5, 5.41) is 2.97. The quantitative estimate of drug-likeness (QED) is 0.323. The van der Waals surface area contributed by atoms with Crippen LogP contribution >= 0.6 is 11.8 Å². The average molecular weight is 477 g/mol. The topological polar surface area (TPSA) is 60.0 Å². The number of carbonyl (C=O) groups is 1. The van der Waals surface area contributed by atoms with E-state index in [1.807, 2.05) is 6.07 Å². The van der Waals surface area contributed by atoms with E-state index in [1.54, 1.807) is 45.2 Å². The largest absolute Gasteiger partial charge is 0.493 e. The molecule has 1 aliphatic rings. The molecule has 0 unspecified atom stereocenters. The number of fused-ring (bicyclic) bond motifs is 2. The third-order valence-corrected chi connectivity index (χ3v) is 6.67. The van der Waals surface area contributed by atoms with Gasteiger partial charge < -0.3 is 24.4 Å². The van der Waals surface area contributed by atoms with Crippen molar-refractivity contribution in [2.24, 2.45) is 0 Å². The molecular weight excluding hydrogens is 448 g/mol. The highest BCUT2D eigenvalue weighted by molar-refractivity contribution is 7.99. The normalized spacial score (nSPS) is 12.1. The molecule has 1 N–H and O–H groups in total. The Balaban J connectivity index is 1.37. The summed E-state index contributed by atoms with van der Waals surface area (Å²) in [6.07, 6.45) is 4.03. The van der Waals surface area contributed by atoms with Crippen LogP contribution in [0.4, 0.5) is 11.4 Å². The van der Waals surface area contributed by atoms with Crippen LogP contribution < -0.4 is 24.4 Å². The molecule has 0 atom stereocenters. The van der Waals surface area contributed by atoms with Crippen LogP contribution in [0.3, 0.4) is 0 Å². The number of methoxy groups -OCH3 is 3. The summed E-state index contributed by atoms with van der Waals surface area (Å²) >= 11 is 1.80. The zero-order valence-corrected chi connectivity index (χ0v) is 20.4. The highest BCUT2D eigenvalue weighted by atomic mass is 32.2. The molecule has 0 radical (unpaired) electrons. The van der Waals surface area contributed by atoms with Crippen LogP contribution in [0.15, 0.2) is 76.5 Å². The molecule has 3 aromatic rings. The molecular formula is C27H28N2O4S. The Hall–Kier alpha value is -3.58. The number of hydrogen-bond acceptors (Lipinski definition) is 6. The van der Waals surface area contributed by atoms with Crippen molar-refractivity contribution in [3.63, 3.8) is 0 Å². The number of benzene rings is 3. The molecule has 0 aromatic heterocycles. The van der Waals surface area contributed by atoms with E-state index in [9.17, 15) is 4.79 Å². The van der Waals surface area contributed by atoms with Gasteiger partial charge in [-0.1, -0.05) is 36.0 Å². The predicted octanol–water partition coefficient (Wildman–Crippen LogP) is 5.53. The Morgan fingerprint density at radius 2 is 1.53 bits per heavy atom. The fourth-order valence-corrected chi connectivity index (χ4v) is 5.05. The Bertz CT molecular complexity index is 1150. The van der Waals surface area contributed by atoms with Crippen LogP contribution in [0.2, 0.25) is 0 Å². The number of nitrogens with one attached hydrogen (secondary N) is 1. The minimum absolute atomic E-state index is 0.160. The molecule has 1 aliphatic heterocycles. The standard InChI is InChI=1S/C27H28N2O4S/c1-31-22-15-13-19(26(32-2)27(22)33-3)14-16-25(30)28-17-8-18-29-20-9-4-6-11-23(20)34-24-12-7-5-10-21(24)29/h4-7,9-16H,8,17-18H2,1-3H3,(H,28,30)/b16-14+. The number of rotatable bonds is 9. The molecule has 1 amide bonds. The van der Waals surface area contributed by atoms with Crippen LogP contribution in [0.25, 0.3) is 6.08 Å². The molecule has 1 heterocycles. The molecule has 0 saturated carbocycles. The van der Waals surface area contributed by atoms with Crippen LogP contribution in [0.1, 0.15) is 12.0 Å². The maximum Gasteiger partial charge on any atom is 0.244 e. The lowest BCUT2D eigenvalue weighted by Crippen LogP contribution is -2.28. The average Bonchev–Trinajstić information content (AvgIpc) is 2.88. The maximum atomic E-state index is 12.4. The van der Waals surface area contributed by atoms with Gasteiger partial charge >= 0.3 is 0 Å². The lowest BCUT2D eigenvalue weighted by molar-refractivity contribution is -0.116. The first kappa shape index (κ1) is 23.6. The van der Waals surface area contributed by atoms with Crippen LogP contribution in [-0.2, 0) is 4.79 Å². The first-order valence-electron chi connectivity index (χ1n) is 11.0. The van der Waals surface area contributed by atoms with E-state index in [2.05, 4.69) is 58.7 Å². The molecule has 0 aliphatic carbocycles. The van der Waals surface area contributed by atoms with Crippen LogP contribution in [-0.4, -0.2) is 40.3 Å². The van der Waals surface area contributed by atoms with E-state index in [0.29, 0.717) is 23.8 Å². The Kier molecular flexibility index (Phi) is 7.65. The van der Waals surface area contributed by atoms with Gasteiger partial charge in [0, 0.05) is 34.5 Å². The third-order valence-electron chi connectivity index (χ3n) is 5.54. The molecule has 0 saturated heterocycles. The molecule has 176 valence electrons. The first-order chi connectivity index (χ1) is 16.7. The highest BCUT2D eigenvalue weighted by Crippen LogP contribution is 2.47. The van der Waals surface area contributed by atoms with Crippen LogP contribution in [0.5, 0.6) is 17.2 Å². The Labute approximate surface area is 204 Å². The van der Waals surface area contributed by atoms with Crippen molar-refractivity contribution < 1.29 is 19.0 Å². The van der Waals surface area contributed by atoms with Gasteiger partial charge in [-0.2, -0.15) is 0 Å². The fourth-order valence-electron chi connectivity index (χ4n) is 3.95. The van der Waals surface area contributed by atoms with E-state index >= 15 is 0 Å². The predicted molar refractivity (Wildman–Crippen MR) is 137 cm³/mol. The SMILES string of the molecule is COc1ccc(/C=C/C(=O)NCCCN2c3ccccc3Sc3ccccc32)c(OC)c1OC. The number of ether oxygens (including phenoxy) is 3. The van der Waals surface area contributed by atoms with E-state index in [-0.39, 0.29) is 5.91 Å². The summed E-state index contributed by atoms with van der Waals surface area (Å²) in [5.41, 5.74) is 3.14. The molecule has 0 spiro atoms. The Morgan fingerprint density at radius 3 is 2.15 bits per heavy atom. The van der Waals surface area contributed by atoms with Crippen molar-refractivity contribution in [3.8, 4) is 17.2 Å². The van der Waals surface area contributed by atoms with E-state index in [0.717, 1.165) is 18.5 Å². The summed E-state index contributed by atoms with van der Waals surface area (Å²) in [6.45, 7) is 1.38. The van der Waals surface area contributed by atoms with Crippen molar-refractivity contribution >= 4 is 35.1 Å². The number of nitrogens with zero attached hydrogens (tertiary/aromatic N) is 1. The van der Waals surface area contributed by atoms with Gasteiger partial charge in [0.25, 0.3) is 0 Å². The van der Waals surface area contributed by atoms with Crippen molar-refractivity contribution in [2.45, 2.75) is 16.2 Å². The number of hydrogen-bond donors (Lipinski definition) is 1. The monoisotopic (exact) mass is 476 g/mol. The molecule has 0 fully saturated rings. The molecule has 6 nitrogen and oxygen atoms in total. The number of para-hydroxylation sites is 2. The summed E-state index contributed by atoms with van der Waals surface area (Å²) in [4.78, 5) is 17.3. The third kappa shape index (κ3) is 4.99. The first-order valence-corrected chi connectivity index (χ1v) is 11.9. The van der Waals surface area contributed by atoms with Gasteiger partial charge in [-0.3, -0.25) is 4.79 Å². The van der Waals surface area contributed by atoms with Gasteiger partial charge in [0.2, 0.25) is 11.7 Å². The fraction of sp³-hybridized carbons (Fsp3) is 0.222. The zero-order valence-electron chi connectivity index (χ0n) is 19.5. The molecule has 0 bridgehead atoms. The lowest BCUT2D eigenvalue weighted by atomic mass is 10.1. The second kappa shape index (κ2) is 11.0. The summed E-state index contributed by atoms with van der Waals surface area (Å²) < 4.78 is 16.2. The smallest absolute Gasteiger partial charge is 0.244 e. The summed E-state index contributed by atoms with van der Waals surface area (Å²) in [7, 11) is 4.68. The summed E-state index contributed by atoms with van der Waals surface area (Å²) in [6, 6.07) is 20.5. The molecule has 4 rings (SSSR count). The second-order valence-electron chi connectivity index (χ2n) is 7.59. The second-order valence-corrected chi connectivity index (χ2v) is 8.67. The van der Waals surface area contributed by atoms with Crippen molar-refractivity contribution in [2.75, 3.05) is 39.3 Å². The van der Waals surface area contributed by atoms with E-state index in [4.69, 9.17) is 14.2 Å². The van der Waals surface area contributed by atoms with E-state index in [1.165, 1.54) is 27.2 Å². The van der Waals surface area contributed by atoms with Gasteiger partial charge in [-0.25, -0.2) is 0 Å². The minimum atomic E-state index is -0.160. The van der Waals surface area contributed by atoms with E-state index < -0.39 is 0 Å². The van der Waals surface area contributed by atoms with Gasteiger partial charge in [-0.05, 0) is 48.9 Å². The van der Waals surface area contributed by atoms with Crippen LogP contribution in [0, 0.1) is 0 Å². The van der Waals surface area contributed by atoms with Crippen molar-refractivity contribution in [1.82, 2.24) is 5.32 Å². The maximum absolute atomic E-state index is 12.4. The van der Waals surface area contributed by atoms with Gasteiger partial charge in [0.05, 0.1) is 32.7 Å². The van der Waals surface area contributed by atoms with Crippen molar-refractivity contribution in [1.29, 1.82) is 0 Å². The highest BCUT2D eigenvalue weighted by Gasteiger charge is 2.22. The number of carbonyl (C=O) groups excluding carboxylic acids is 1. The Morgan fingerprint density at radius 1 is 0.882 bits per heavy atom. The van der Waals surface area contributed by atoms with Crippen molar-refractivity contribution in [3.05, 3.63) is 72.3 Å². The van der Waals surface area contributed by atoms with Gasteiger partial charge in [0.1, 0.15) is 0 Å². The molecule has 34 heavy (non-hydrogen) atoms. The number of anilines is 2. The zero-order chi connectivity index (χ0) is 23.9.